The average molecular weight is 285 g/mol. The number of nitrogens with one attached hydrogen (secondary N) is 1. The van der Waals surface area contributed by atoms with Crippen molar-refractivity contribution in [2.45, 2.75) is 52.9 Å². The van der Waals surface area contributed by atoms with Gasteiger partial charge in [0.15, 0.2) is 0 Å². The molecule has 6 heteroatoms. The van der Waals surface area contributed by atoms with Crippen molar-refractivity contribution in [1.29, 1.82) is 0 Å². The molecule has 0 spiro atoms. The first-order valence-electron chi connectivity index (χ1n) is 6.28. The Morgan fingerprint density at radius 2 is 1.68 bits per heavy atom. The van der Waals surface area contributed by atoms with E-state index in [1.54, 1.807) is 0 Å². The van der Waals surface area contributed by atoms with Crippen molar-refractivity contribution in [3.8, 4) is 0 Å². The number of sulfonamides is 1. The zero-order chi connectivity index (χ0) is 15.0. The summed E-state index contributed by atoms with van der Waals surface area (Å²) < 4.78 is 25.0. The lowest BCUT2D eigenvalue weighted by Crippen LogP contribution is -2.22. The lowest BCUT2D eigenvalue weighted by atomic mass is 9.84. The summed E-state index contributed by atoms with van der Waals surface area (Å²) in [6.07, 6.45) is 1.10. The summed E-state index contributed by atoms with van der Waals surface area (Å²) in [7, 11) is -3.36. The Hall–Kier alpha value is -1.17. The first kappa shape index (κ1) is 15.9. The van der Waals surface area contributed by atoms with E-state index in [2.05, 4.69) is 49.3 Å². The van der Waals surface area contributed by atoms with Gasteiger partial charge >= 0.3 is 0 Å². The first-order valence-corrected chi connectivity index (χ1v) is 8.17. The van der Waals surface area contributed by atoms with Crippen LogP contribution in [0.1, 0.15) is 57.5 Å². The number of rotatable bonds is 3. The van der Waals surface area contributed by atoms with E-state index in [-0.39, 0.29) is 11.4 Å². The predicted molar refractivity (Wildman–Crippen MR) is 78.0 cm³/mol. The second-order valence-electron chi connectivity index (χ2n) is 6.17. The maximum Gasteiger partial charge on any atom is 0.237 e. The second kappa shape index (κ2) is 5.07. The van der Waals surface area contributed by atoms with E-state index in [1.165, 1.54) is 0 Å². The minimum atomic E-state index is -3.36. The molecule has 5 nitrogen and oxygen atoms in total. The fourth-order valence-electron chi connectivity index (χ4n) is 2.06. The van der Waals surface area contributed by atoms with Crippen LogP contribution in [0.3, 0.4) is 0 Å². The highest BCUT2D eigenvalue weighted by molar-refractivity contribution is 7.91. The molecule has 0 saturated carbocycles. The number of aromatic nitrogens is 2. The van der Waals surface area contributed by atoms with Crippen molar-refractivity contribution in [3.63, 3.8) is 0 Å². The standard InChI is InChI=1S/C13H23N3O2S/c1-8(2)10-9(3)14-12(16-19(7,17)18)15-11(10)13(4,5)6/h8H,1-7H3,(H,14,15,16). The highest BCUT2D eigenvalue weighted by atomic mass is 32.2. The molecule has 0 aliphatic heterocycles. The van der Waals surface area contributed by atoms with Crippen LogP contribution in [-0.4, -0.2) is 24.6 Å². The molecule has 0 unspecified atom stereocenters. The highest BCUT2D eigenvalue weighted by Crippen LogP contribution is 2.31. The van der Waals surface area contributed by atoms with Crippen LogP contribution >= 0.6 is 0 Å². The van der Waals surface area contributed by atoms with E-state index >= 15 is 0 Å². The summed E-state index contributed by atoms with van der Waals surface area (Å²) in [6, 6.07) is 0. The van der Waals surface area contributed by atoms with Gasteiger partial charge in [-0.2, -0.15) is 0 Å². The van der Waals surface area contributed by atoms with Crippen LogP contribution in [0.15, 0.2) is 0 Å². The molecule has 0 atom stereocenters. The fourth-order valence-corrected chi connectivity index (χ4v) is 2.48. The SMILES string of the molecule is Cc1nc(NS(C)(=O)=O)nc(C(C)(C)C)c1C(C)C. The molecule has 0 amide bonds. The van der Waals surface area contributed by atoms with Gasteiger partial charge in [0.05, 0.1) is 11.9 Å². The monoisotopic (exact) mass is 285 g/mol. The van der Waals surface area contributed by atoms with Gasteiger partial charge in [0.25, 0.3) is 0 Å². The zero-order valence-electron chi connectivity index (χ0n) is 12.7. The Kier molecular flexibility index (Phi) is 4.24. The van der Waals surface area contributed by atoms with Crippen LogP contribution in [0.2, 0.25) is 0 Å². The Morgan fingerprint density at radius 3 is 2.05 bits per heavy atom. The number of anilines is 1. The van der Waals surface area contributed by atoms with E-state index in [1.807, 2.05) is 6.92 Å². The van der Waals surface area contributed by atoms with Crippen molar-refractivity contribution in [2.75, 3.05) is 11.0 Å². The number of nitrogens with zero attached hydrogens (tertiary/aromatic N) is 2. The Morgan fingerprint density at radius 1 is 1.16 bits per heavy atom. The average Bonchev–Trinajstić information content (AvgIpc) is 2.11. The van der Waals surface area contributed by atoms with Crippen LogP contribution < -0.4 is 4.72 Å². The van der Waals surface area contributed by atoms with Gasteiger partial charge in [0.1, 0.15) is 0 Å². The molecule has 19 heavy (non-hydrogen) atoms. The maximum atomic E-state index is 11.3. The molecule has 0 aromatic carbocycles. The van der Waals surface area contributed by atoms with Gasteiger partial charge < -0.3 is 0 Å². The van der Waals surface area contributed by atoms with Crippen LogP contribution in [0.4, 0.5) is 5.95 Å². The van der Waals surface area contributed by atoms with Crippen molar-refractivity contribution in [2.24, 2.45) is 0 Å². The molecule has 0 bridgehead atoms. The molecule has 1 rings (SSSR count). The summed E-state index contributed by atoms with van der Waals surface area (Å²) >= 11 is 0. The van der Waals surface area contributed by atoms with Gasteiger partial charge in [0.2, 0.25) is 16.0 Å². The molecular formula is C13H23N3O2S. The van der Waals surface area contributed by atoms with Crippen molar-refractivity contribution >= 4 is 16.0 Å². The largest absolute Gasteiger partial charge is 0.251 e. The van der Waals surface area contributed by atoms with Crippen LogP contribution in [0.5, 0.6) is 0 Å². The first-order chi connectivity index (χ1) is 8.42. The molecule has 1 heterocycles. The van der Waals surface area contributed by atoms with E-state index in [0.29, 0.717) is 5.92 Å². The van der Waals surface area contributed by atoms with Gasteiger partial charge in [-0.1, -0.05) is 34.6 Å². The van der Waals surface area contributed by atoms with Gasteiger partial charge in [-0.25, -0.2) is 18.4 Å². The van der Waals surface area contributed by atoms with Crippen molar-refractivity contribution in [3.05, 3.63) is 17.0 Å². The number of hydrogen-bond acceptors (Lipinski definition) is 4. The maximum absolute atomic E-state index is 11.3. The Balaban J connectivity index is 3.48. The third-order valence-electron chi connectivity index (χ3n) is 2.70. The van der Waals surface area contributed by atoms with E-state index in [9.17, 15) is 8.42 Å². The zero-order valence-corrected chi connectivity index (χ0v) is 13.5. The van der Waals surface area contributed by atoms with Gasteiger partial charge in [-0.05, 0) is 18.4 Å². The minimum Gasteiger partial charge on any atom is -0.251 e. The molecular weight excluding hydrogens is 262 g/mol. The molecule has 0 aliphatic rings. The topological polar surface area (TPSA) is 72.0 Å². The lowest BCUT2D eigenvalue weighted by Gasteiger charge is -2.25. The van der Waals surface area contributed by atoms with Gasteiger partial charge in [0, 0.05) is 11.1 Å². The van der Waals surface area contributed by atoms with Crippen LogP contribution in [-0.2, 0) is 15.4 Å². The Labute approximate surface area is 115 Å². The summed E-state index contributed by atoms with van der Waals surface area (Å²) in [5, 5.41) is 0. The minimum absolute atomic E-state index is 0.148. The number of hydrogen-bond donors (Lipinski definition) is 1. The molecule has 0 saturated heterocycles. The third-order valence-corrected chi connectivity index (χ3v) is 3.25. The quantitative estimate of drug-likeness (QED) is 0.926. The van der Waals surface area contributed by atoms with E-state index in [4.69, 9.17) is 0 Å². The molecule has 0 aliphatic carbocycles. The van der Waals surface area contributed by atoms with Crippen LogP contribution in [0.25, 0.3) is 0 Å². The molecule has 1 aromatic heterocycles. The van der Waals surface area contributed by atoms with E-state index < -0.39 is 10.0 Å². The second-order valence-corrected chi connectivity index (χ2v) is 7.92. The summed E-state index contributed by atoms with van der Waals surface area (Å²) in [6.45, 7) is 12.2. The van der Waals surface area contributed by atoms with Crippen molar-refractivity contribution in [1.82, 2.24) is 9.97 Å². The van der Waals surface area contributed by atoms with Crippen molar-refractivity contribution < 1.29 is 8.42 Å². The summed E-state index contributed by atoms with van der Waals surface area (Å²) in [5.74, 6) is 0.441. The van der Waals surface area contributed by atoms with E-state index in [0.717, 1.165) is 23.2 Å². The highest BCUT2D eigenvalue weighted by Gasteiger charge is 2.25. The molecule has 1 N–H and O–H groups in total. The number of aryl methyl sites for hydroxylation is 1. The third kappa shape index (κ3) is 4.16. The fraction of sp³-hybridized carbons (Fsp3) is 0.692. The van der Waals surface area contributed by atoms with Gasteiger partial charge in [-0.3, -0.25) is 4.72 Å². The molecule has 0 fully saturated rings. The van der Waals surface area contributed by atoms with Crippen LogP contribution in [0, 0.1) is 6.92 Å². The Bertz CT molecular complexity index is 572. The summed E-state index contributed by atoms with van der Waals surface area (Å²) in [5.41, 5.74) is 2.63. The summed E-state index contributed by atoms with van der Waals surface area (Å²) in [4.78, 5) is 8.66. The molecule has 0 radical (unpaired) electrons. The molecule has 1 aromatic rings. The predicted octanol–water partition coefficient (Wildman–Crippen LogP) is 2.58. The lowest BCUT2D eigenvalue weighted by molar-refractivity contribution is 0.551. The van der Waals surface area contributed by atoms with Gasteiger partial charge in [-0.15, -0.1) is 0 Å². The molecule has 108 valence electrons. The normalized spacial score (nSPS) is 12.8. The smallest absolute Gasteiger partial charge is 0.237 e.